The van der Waals surface area contributed by atoms with E-state index in [1.807, 2.05) is 6.92 Å². The van der Waals surface area contributed by atoms with Crippen molar-refractivity contribution in [3.8, 4) is 11.8 Å². The van der Waals surface area contributed by atoms with Gasteiger partial charge in [-0.2, -0.15) is 0 Å². The predicted octanol–water partition coefficient (Wildman–Crippen LogP) is 2.40. The van der Waals surface area contributed by atoms with Crippen LogP contribution in [0.1, 0.15) is 32.6 Å². The van der Waals surface area contributed by atoms with Crippen molar-refractivity contribution < 1.29 is 23.4 Å². The zero-order chi connectivity index (χ0) is 19.9. The van der Waals surface area contributed by atoms with Crippen molar-refractivity contribution in [3.05, 3.63) is 29.7 Å². The summed E-state index contributed by atoms with van der Waals surface area (Å²) >= 11 is 6.26. The van der Waals surface area contributed by atoms with Gasteiger partial charge in [-0.25, -0.2) is 15.0 Å². The van der Waals surface area contributed by atoms with Crippen molar-refractivity contribution in [2.24, 2.45) is 5.92 Å². The number of halogens is 1. The van der Waals surface area contributed by atoms with E-state index >= 15 is 0 Å². The first-order chi connectivity index (χ1) is 13.5. The first-order valence-corrected chi connectivity index (χ1v) is 9.42. The average Bonchev–Trinajstić information content (AvgIpc) is 3.13. The van der Waals surface area contributed by atoms with Gasteiger partial charge in [-0.3, -0.25) is 4.79 Å². The Kier molecular flexibility index (Phi) is 7.05. The minimum atomic E-state index is -0.0542. The lowest BCUT2D eigenvalue weighted by atomic mass is 9.83. The average molecular weight is 411 g/mol. The standard InChI is InChI=1S/C18H23ClN4O5/c1-11(23-12(2)24)7-26-14-5-13(6-14)8-27-17-16(19)18(22-10-21-17)28-9-15-20-3-4-25-15/h3-4,10-11,13-14H,5-9H2,1-2H3,(H,23,24)/t11-,13-,14-/m0/s1. The highest BCUT2D eigenvalue weighted by molar-refractivity contribution is 6.33. The van der Waals surface area contributed by atoms with E-state index in [9.17, 15) is 4.79 Å². The molecule has 1 amide bonds. The van der Waals surface area contributed by atoms with E-state index in [-0.39, 0.29) is 41.4 Å². The molecule has 2 heterocycles. The maximum absolute atomic E-state index is 11.0. The monoisotopic (exact) mass is 410 g/mol. The summed E-state index contributed by atoms with van der Waals surface area (Å²) in [6, 6.07) is 0.00224. The summed E-state index contributed by atoms with van der Waals surface area (Å²) in [5.74, 6) is 1.23. The highest BCUT2D eigenvalue weighted by Gasteiger charge is 2.31. The van der Waals surface area contributed by atoms with Crippen LogP contribution in [-0.4, -0.2) is 46.2 Å². The molecule has 1 atom stereocenters. The van der Waals surface area contributed by atoms with Gasteiger partial charge in [-0.1, -0.05) is 11.6 Å². The van der Waals surface area contributed by atoms with E-state index in [0.717, 1.165) is 12.8 Å². The van der Waals surface area contributed by atoms with E-state index in [1.165, 1.54) is 25.7 Å². The number of hydrogen-bond donors (Lipinski definition) is 1. The van der Waals surface area contributed by atoms with Crippen molar-refractivity contribution in [2.75, 3.05) is 13.2 Å². The third kappa shape index (κ3) is 5.80. The Balaban J connectivity index is 1.38. The minimum Gasteiger partial charge on any atom is -0.476 e. The van der Waals surface area contributed by atoms with Gasteiger partial charge >= 0.3 is 0 Å². The Morgan fingerprint density at radius 3 is 2.75 bits per heavy atom. The molecule has 0 aromatic carbocycles. The summed E-state index contributed by atoms with van der Waals surface area (Å²) in [6.07, 6.45) is 6.30. The molecule has 1 fully saturated rings. The predicted molar refractivity (Wildman–Crippen MR) is 99.1 cm³/mol. The van der Waals surface area contributed by atoms with Crippen LogP contribution in [0.3, 0.4) is 0 Å². The molecule has 1 aliphatic carbocycles. The smallest absolute Gasteiger partial charge is 0.240 e. The molecule has 9 nitrogen and oxygen atoms in total. The van der Waals surface area contributed by atoms with E-state index in [0.29, 0.717) is 25.0 Å². The van der Waals surface area contributed by atoms with Gasteiger partial charge in [-0.05, 0) is 25.7 Å². The van der Waals surface area contributed by atoms with Gasteiger partial charge < -0.3 is 23.9 Å². The van der Waals surface area contributed by atoms with Crippen molar-refractivity contribution in [1.82, 2.24) is 20.3 Å². The molecule has 1 N–H and O–H groups in total. The fraction of sp³-hybridized carbons (Fsp3) is 0.556. The lowest BCUT2D eigenvalue weighted by Gasteiger charge is -2.35. The highest BCUT2D eigenvalue weighted by Crippen LogP contribution is 2.34. The van der Waals surface area contributed by atoms with E-state index in [2.05, 4.69) is 20.3 Å². The van der Waals surface area contributed by atoms with Crippen LogP contribution in [0, 0.1) is 5.92 Å². The highest BCUT2D eigenvalue weighted by atomic mass is 35.5. The van der Waals surface area contributed by atoms with E-state index in [4.69, 9.17) is 30.2 Å². The lowest BCUT2D eigenvalue weighted by molar-refractivity contribution is -0.120. The van der Waals surface area contributed by atoms with Crippen molar-refractivity contribution in [3.63, 3.8) is 0 Å². The molecule has 0 saturated heterocycles. The largest absolute Gasteiger partial charge is 0.476 e. The molecule has 28 heavy (non-hydrogen) atoms. The molecule has 1 aliphatic rings. The second kappa shape index (κ2) is 9.70. The number of nitrogens with zero attached hydrogens (tertiary/aromatic N) is 3. The lowest BCUT2D eigenvalue weighted by Crippen LogP contribution is -2.40. The summed E-state index contributed by atoms with van der Waals surface area (Å²) in [5.41, 5.74) is 0. The fourth-order valence-corrected chi connectivity index (χ4v) is 3.01. The number of rotatable bonds is 10. The molecule has 1 saturated carbocycles. The Morgan fingerprint density at radius 2 is 2.07 bits per heavy atom. The van der Waals surface area contributed by atoms with Crippen LogP contribution in [0.25, 0.3) is 0 Å². The van der Waals surface area contributed by atoms with Crippen molar-refractivity contribution in [1.29, 1.82) is 0 Å². The number of carbonyl (C=O) groups is 1. The Labute approximate surface area is 167 Å². The second-order valence-corrected chi connectivity index (χ2v) is 7.10. The quantitative estimate of drug-likeness (QED) is 0.636. The first-order valence-electron chi connectivity index (χ1n) is 9.04. The number of ether oxygens (including phenoxy) is 3. The third-order valence-electron chi connectivity index (χ3n) is 4.22. The summed E-state index contributed by atoms with van der Waals surface area (Å²) in [5, 5.41) is 3.01. The number of aromatic nitrogens is 3. The summed E-state index contributed by atoms with van der Waals surface area (Å²) in [7, 11) is 0. The van der Waals surface area contributed by atoms with Crippen LogP contribution in [0.5, 0.6) is 11.8 Å². The molecule has 0 unspecified atom stereocenters. The minimum absolute atomic E-state index is 0.00224. The normalized spacial score (nSPS) is 19.5. The van der Waals surface area contributed by atoms with E-state index < -0.39 is 0 Å². The SMILES string of the molecule is CC(=O)N[C@@H](C)CO[C@H]1C[C@H](COc2ncnc(OCc3ncco3)c2Cl)C1. The van der Waals surface area contributed by atoms with Crippen LogP contribution < -0.4 is 14.8 Å². The maximum Gasteiger partial charge on any atom is 0.240 e. The summed E-state index contributed by atoms with van der Waals surface area (Å²) in [6.45, 7) is 4.51. The zero-order valence-electron chi connectivity index (χ0n) is 15.8. The number of carbonyl (C=O) groups excluding carboxylic acids is 1. The van der Waals surface area contributed by atoms with Crippen LogP contribution in [0.2, 0.25) is 5.02 Å². The van der Waals surface area contributed by atoms with Gasteiger partial charge in [0.05, 0.1) is 25.5 Å². The topological polar surface area (TPSA) is 109 Å². The number of oxazole rings is 1. The van der Waals surface area contributed by atoms with Crippen molar-refractivity contribution in [2.45, 2.75) is 45.4 Å². The van der Waals surface area contributed by atoms with Gasteiger partial charge in [0.15, 0.2) is 11.6 Å². The van der Waals surface area contributed by atoms with Crippen LogP contribution in [0.4, 0.5) is 0 Å². The van der Waals surface area contributed by atoms with Crippen molar-refractivity contribution >= 4 is 17.5 Å². The molecule has 3 rings (SSSR count). The maximum atomic E-state index is 11.0. The molecule has 2 aromatic heterocycles. The Morgan fingerprint density at radius 1 is 1.32 bits per heavy atom. The molecule has 0 bridgehead atoms. The molecular weight excluding hydrogens is 388 g/mol. The second-order valence-electron chi connectivity index (χ2n) is 6.72. The first kappa shape index (κ1) is 20.3. The molecular formula is C18H23ClN4O5. The van der Waals surface area contributed by atoms with Crippen LogP contribution >= 0.6 is 11.6 Å². The molecule has 2 aromatic rings. The molecule has 0 spiro atoms. The Hall–Kier alpha value is -2.39. The summed E-state index contributed by atoms with van der Waals surface area (Å²) in [4.78, 5) is 23.0. The van der Waals surface area contributed by atoms with Gasteiger partial charge in [0.2, 0.25) is 23.6 Å². The third-order valence-corrected chi connectivity index (χ3v) is 4.54. The fourth-order valence-electron chi connectivity index (χ4n) is 2.81. The van der Waals surface area contributed by atoms with Gasteiger partial charge in [0.25, 0.3) is 0 Å². The van der Waals surface area contributed by atoms with Gasteiger partial charge in [0, 0.05) is 13.0 Å². The van der Waals surface area contributed by atoms with E-state index in [1.54, 1.807) is 0 Å². The molecule has 0 radical (unpaired) electrons. The van der Waals surface area contributed by atoms with Crippen LogP contribution in [0.15, 0.2) is 23.2 Å². The number of amides is 1. The Bertz CT molecular complexity index is 767. The number of nitrogens with one attached hydrogen (secondary N) is 1. The van der Waals surface area contributed by atoms with Crippen LogP contribution in [-0.2, 0) is 16.1 Å². The van der Waals surface area contributed by atoms with Gasteiger partial charge in [-0.15, -0.1) is 0 Å². The molecule has 10 heteroatoms. The number of hydrogen-bond acceptors (Lipinski definition) is 8. The zero-order valence-corrected chi connectivity index (χ0v) is 16.5. The molecule has 152 valence electrons. The molecule has 0 aliphatic heterocycles. The summed E-state index contributed by atoms with van der Waals surface area (Å²) < 4.78 is 22.1. The van der Waals surface area contributed by atoms with Gasteiger partial charge in [0.1, 0.15) is 12.6 Å².